The molecule has 0 rings (SSSR count). The zero-order valence-corrected chi connectivity index (χ0v) is 5.81. The van der Waals surface area contributed by atoms with Gasteiger partial charge in [-0.15, -0.1) is 0 Å². The topological polar surface area (TPSA) is 0 Å². The summed E-state index contributed by atoms with van der Waals surface area (Å²) in [7, 11) is 0. The molecule has 0 radical (unpaired) electrons. The van der Waals surface area contributed by atoms with E-state index in [9.17, 15) is 26.3 Å². The third-order valence-corrected chi connectivity index (χ3v) is 1.18. The molecule has 0 aliphatic carbocycles. The fraction of sp³-hybridized carbons (Fsp3) is 1.00. The Hall–Kier alpha value is 0.0600. The van der Waals surface area contributed by atoms with E-state index >= 15 is 0 Å². The predicted octanol–water partition coefficient (Wildman–Crippen LogP) is 2.87. The van der Waals surface area contributed by atoms with Gasteiger partial charge in [0.15, 0.2) is 0 Å². The second-order valence-corrected chi connectivity index (χ2v) is 2.42. The van der Waals surface area contributed by atoms with Crippen molar-refractivity contribution >= 4 is 15.9 Å². The van der Waals surface area contributed by atoms with Crippen LogP contribution in [0.15, 0.2) is 0 Å². The van der Waals surface area contributed by atoms with Gasteiger partial charge in [0.25, 0.3) is 0 Å². The van der Waals surface area contributed by atoms with Crippen LogP contribution < -0.4 is 0 Å². The van der Waals surface area contributed by atoms with Gasteiger partial charge in [-0.3, -0.25) is 0 Å². The normalized spacial score (nSPS) is 14.4. The lowest BCUT2D eigenvalue weighted by Crippen LogP contribution is -2.41. The third kappa shape index (κ3) is 1.77. The summed E-state index contributed by atoms with van der Waals surface area (Å²) in [5.41, 5.74) is 0. The average Bonchev–Trinajstić information content (AvgIpc) is 1.62. The van der Waals surface area contributed by atoms with Crippen molar-refractivity contribution in [2.75, 3.05) is 0 Å². The zero-order valence-electron chi connectivity index (χ0n) is 4.22. The molecular formula is C3HBrF6. The second kappa shape index (κ2) is 2.60. The highest BCUT2D eigenvalue weighted by atomic mass is 79.9. The predicted molar refractivity (Wildman–Crippen MR) is 24.8 cm³/mol. The van der Waals surface area contributed by atoms with Crippen molar-refractivity contribution in [1.82, 2.24) is 0 Å². The van der Waals surface area contributed by atoms with E-state index in [1.165, 1.54) is 0 Å². The largest absolute Gasteiger partial charge is 0.379 e. The number of alkyl halides is 7. The minimum Gasteiger partial charge on any atom is -0.203 e. The fourth-order valence-electron chi connectivity index (χ4n) is 0.124. The van der Waals surface area contributed by atoms with Crippen molar-refractivity contribution in [3.8, 4) is 0 Å². The summed E-state index contributed by atoms with van der Waals surface area (Å²) in [6.45, 7) is 0. The van der Waals surface area contributed by atoms with E-state index in [0.717, 1.165) is 15.9 Å². The molecule has 0 bridgehead atoms. The minimum absolute atomic E-state index is 1.14. The second-order valence-electron chi connectivity index (χ2n) is 1.42. The molecule has 0 fully saturated rings. The van der Waals surface area contributed by atoms with Crippen LogP contribution in [0.3, 0.4) is 0 Å². The summed E-state index contributed by atoms with van der Waals surface area (Å²) in [5, 5.41) is 0. The van der Waals surface area contributed by atoms with Crippen LogP contribution in [0.25, 0.3) is 0 Å². The van der Waals surface area contributed by atoms with Gasteiger partial charge in [-0.25, -0.2) is 8.78 Å². The Bertz CT molecular complexity index is 115. The number of hydrogen-bond donors (Lipinski definition) is 0. The molecule has 0 saturated carbocycles. The maximum Gasteiger partial charge on any atom is 0.379 e. The average molecular weight is 231 g/mol. The van der Waals surface area contributed by atoms with E-state index in [1.807, 2.05) is 0 Å². The molecule has 0 spiro atoms. The number of hydrogen-bond acceptors (Lipinski definition) is 0. The van der Waals surface area contributed by atoms with Gasteiger partial charge < -0.3 is 0 Å². The van der Waals surface area contributed by atoms with Crippen molar-refractivity contribution < 1.29 is 26.3 Å². The Kier molecular flexibility index (Phi) is 2.61. The van der Waals surface area contributed by atoms with Gasteiger partial charge in [-0.2, -0.15) is 17.6 Å². The summed E-state index contributed by atoms with van der Waals surface area (Å²) < 4.78 is 68.0. The zero-order chi connectivity index (χ0) is 8.58. The molecule has 0 saturated heterocycles. The molecule has 0 aromatic heterocycles. The van der Waals surface area contributed by atoms with Crippen LogP contribution >= 0.6 is 15.9 Å². The maximum absolute atomic E-state index is 11.5. The molecule has 7 heteroatoms. The Morgan fingerprint density at radius 1 is 1.00 bits per heavy atom. The summed E-state index contributed by atoms with van der Waals surface area (Å²) in [4.78, 5) is -4.85. The van der Waals surface area contributed by atoms with Crippen molar-refractivity contribution in [2.24, 2.45) is 0 Å². The van der Waals surface area contributed by atoms with Crippen molar-refractivity contribution in [2.45, 2.75) is 17.2 Å². The van der Waals surface area contributed by atoms with Gasteiger partial charge in [0.1, 0.15) is 0 Å². The van der Waals surface area contributed by atoms with Crippen LogP contribution in [0.1, 0.15) is 0 Å². The SMILES string of the molecule is FC(F)C(F)(F)C(F)(F)Br. The maximum atomic E-state index is 11.5. The Balaban J connectivity index is 4.40. The molecule has 0 heterocycles. The highest BCUT2D eigenvalue weighted by molar-refractivity contribution is 9.10. The molecule has 0 aliphatic heterocycles. The number of rotatable bonds is 2. The summed E-state index contributed by atoms with van der Waals surface area (Å²) in [5.74, 6) is -5.31. The molecule has 0 amide bonds. The van der Waals surface area contributed by atoms with Crippen LogP contribution in [-0.4, -0.2) is 17.2 Å². The standard InChI is InChI=1S/C3HBrF6/c4-3(9,10)2(7,8)1(5)6/h1H. The van der Waals surface area contributed by atoms with Crippen molar-refractivity contribution in [1.29, 1.82) is 0 Å². The molecule has 0 atom stereocenters. The lowest BCUT2D eigenvalue weighted by atomic mass is 10.4. The van der Waals surface area contributed by atoms with E-state index in [1.54, 1.807) is 0 Å². The van der Waals surface area contributed by atoms with Gasteiger partial charge in [-0.05, 0) is 15.9 Å². The first-order valence-electron chi connectivity index (χ1n) is 1.92. The quantitative estimate of drug-likeness (QED) is 0.506. The van der Waals surface area contributed by atoms with E-state index in [2.05, 4.69) is 0 Å². The van der Waals surface area contributed by atoms with E-state index < -0.39 is 17.2 Å². The molecule has 0 N–H and O–H groups in total. The van der Waals surface area contributed by atoms with Crippen LogP contribution in [0.4, 0.5) is 26.3 Å². The minimum atomic E-state index is -5.31. The van der Waals surface area contributed by atoms with Crippen molar-refractivity contribution in [3.05, 3.63) is 0 Å². The first-order chi connectivity index (χ1) is 4.19. The highest BCUT2D eigenvalue weighted by Crippen LogP contribution is 2.43. The third-order valence-electron chi connectivity index (χ3n) is 0.652. The fourth-order valence-corrected chi connectivity index (χ4v) is 0.297. The molecular weight excluding hydrogens is 230 g/mol. The van der Waals surface area contributed by atoms with Crippen LogP contribution in [-0.2, 0) is 0 Å². The van der Waals surface area contributed by atoms with E-state index in [-0.39, 0.29) is 0 Å². The first-order valence-corrected chi connectivity index (χ1v) is 2.71. The summed E-state index contributed by atoms with van der Waals surface area (Å²) >= 11 is 1.14. The van der Waals surface area contributed by atoms with Gasteiger partial charge in [0, 0.05) is 0 Å². The molecule has 0 nitrogen and oxygen atoms in total. The highest BCUT2D eigenvalue weighted by Gasteiger charge is 2.61. The van der Waals surface area contributed by atoms with Crippen LogP contribution in [0, 0.1) is 0 Å². The first kappa shape index (κ1) is 10.1. The molecule has 62 valence electrons. The molecule has 10 heavy (non-hydrogen) atoms. The van der Waals surface area contributed by atoms with Gasteiger partial charge in [0.05, 0.1) is 0 Å². The monoisotopic (exact) mass is 230 g/mol. The van der Waals surface area contributed by atoms with Crippen molar-refractivity contribution in [3.63, 3.8) is 0 Å². The lowest BCUT2D eigenvalue weighted by Gasteiger charge is -2.19. The Morgan fingerprint density at radius 3 is 1.30 bits per heavy atom. The van der Waals surface area contributed by atoms with E-state index in [4.69, 9.17) is 0 Å². The smallest absolute Gasteiger partial charge is 0.203 e. The molecule has 0 unspecified atom stereocenters. The van der Waals surface area contributed by atoms with E-state index in [0.29, 0.717) is 0 Å². The van der Waals surface area contributed by atoms with Gasteiger partial charge in [0.2, 0.25) is 0 Å². The van der Waals surface area contributed by atoms with Crippen LogP contribution in [0.5, 0.6) is 0 Å². The lowest BCUT2D eigenvalue weighted by molar-refractivity contribution is -0.218. The molecule has 0 aromatic rings. The Morgan fingerprint density at radius 2 is 1.30 bits per heavy atom. The summed E-state index contributed by atoms with van der Waals surface area (Å²) in [6.07, 6.45) is -4.37. The number of halogens is 7. The van der Waals surface area contributed by atoms with Gasteiger partial charge >= 0.3 is 17.2 Å². The molecule has 0 aliphatic rings. The Labute approximate surface area is 60.3 Å². The summed E-state index contributed by atoms with van der Waals surface area (Å²) in [6, 6.07) is 0. The molecule has 0 aromatic carbocycles. The van der Waals surface area contributed by atoms with Gasteiger partial charge in [-0.1, -0.05) is 0 Å². The van der Waals surface area contributed by atoms with Crippen LogP contribution in [0.2, 0.25) is 0 Å².